The number of rotatable bonds is 7. The Kier molecular flexibility index (Phi) is 6.87. The van der Waals surface area contributed by atoms with E-state index in [1.54, 1.807) is 11.3 Å². The van der Waals surface area contributed by atoms with Crippen LogP contribution in [0.25, 0.3) is 0 Å². The van der Waals surface area contributed by atoms with Crippen molar-refractivity contribution in [2.45, 2.75) is 20.4 Å². The zero-order valence-corrected chi connectivity index (χ0v) is 14.8. The van der Waals surface area contributed by atoms with E-state index >= 15 is 0 Å². The van der Waals surface area contributed by atoms with Crippen molar-refractivity contribution < 1.29 is 4.74 Å². The number of likely N-dealkylation sites (N-methyl/N-ethyl adjacent to an activating group) is 1. The third kappa shape index (κ3) is 5.56. The summed E-state index contributed by atoms with van der Waals surface area (Å²) in [6.07, 6.45) is 0. The summed E-state index contributed by atoms with van der Waals surface area (Å²) in [6, 6.07) is 9.86. The van der Waals surface area contributed by atoms with Crippen molar-refractivity contribution >= 4 is 17.3 Å². The topological polar surface area (TPSA) is 49.8 Å². The predicted molar refractivity (Wildman–Crippen MR) is 96.2 cm³/mol. The Morgan fingerprint density at radius 1 is 1.35 bits per heavy atom. The summed E-state index contributed by atoms with van der Waals surface area (Å²) in [5.41, 5.74) is 2.93. The molecule has 0 atom stereocenters. The number of ether oxygens (including phenoxy) is 1. The highest BCUT2D eigenvalue weighted by Gasteiger charge is 2.07. The van der Waals surface area contributed by atoms with Gasteiger partial charge < -0.3 is 15.0 Å². The van der Waals surface area contributed by atoms with Crippen LogP contribution in [0.2, 0.25) is 0 Å². The van der Waals surface area contributed by atoms with E-state index in [2.05, 4.69) is 27.1 Å². The van der Waals surface area contributed by atoms with Crippen molar-refractivity contribution in [3.63, 3.8) is 0 Å². The van der Waals surface area contributed by atoms with Gasteiger partial charge in [0.15, 0.2) is 5.96 Å². The summed E-state index contributed by atoms with van der Waals surface area (Å²) in [7, 11) is 2.02. The maximum absolute atomic E-state index is 5.74. The van der Waals surface area contributed by atoms with Crippen LogP contribution in [0.1, 0.15) is 17.5 Å². The number of benzene rings is 1. The summed E-state index contributed by atoms with van der Waals surface area (Å²) in [5, 5.41) is 3.32. The highest BCUT2D eigenvalue weighted by Crippen LogP contribution is 2.13. The van der Waals surface area contributed by atoms with Crippen molar-refractivity contribution in [3.05, 3.63) is 46.4 Å². The van der Waals surface area contributed by atoms with Crippen molar-refractivity contribution in [1.82, 2.24) is 15.2 Å². The average Bonchev–Trinajstić information content (AvgIpc) is 2.97. The van der Waals surface area contributed by atoms with E-state index in [1.165, 1.54) is 4.88 Å². The predicted octanol–water partition coefficient (Wildman–Crippen LogP) is 2.93. The van der Waals surface area contributed by atoms with E-state index < -0.39 is 0 Å². The van der Waals surface area contributed by atoms with Gasteiger partial charge in [0.1, 0.15) is 12.4 Å². The molecule has 0 spiro atoms. The molecule has 5 nitrogen and oxygen atoms in total. The van der Waals surface area contributed by atoms with Crippen LogP contribution in [0.3, 0.4) is 0 Å². The van der Waals surface area contributed by atoms with Crippen molar-refractivity contribution in [1.29, 1.82) is 0 Å². The number of nitrogens with zero attached hydrogens (tertiary/aromatic N) is 3. The van der Waals surface area contributed by atoms with Crippen LogP contribution in [0.4, 0.5) is 0 Å². The number of guanidine groups is 1. The van der Waals surface area contributed by atoms with E-state index in [0.29, 0.717) is 13.2 Å². The molecule has 0 amide bonds. The Morgan fingerprint density at radius 2 is 2.13 bits per heavy atom. The molecule has 2 rings (SSSR count). The second-order valence-electron chi connectivity index (χ2n) is 5.11. The smallest absolute Gasteiger partial charge is 0.194 e. The maximum atomic E-state index is 5.74. The number of hydrogen-bond acceptors (Lipinski definition) is 4. The Morgan fingerprint density at radius 3 is 2.78 bits per heavy atom. The molecule has 6 heteroatoms. The van der Waals surface area contributed by atoms with Gasteiger partial charge in [-0.15, -0.1) is 11.3 Å². The highest BCUT2D eigenvalue weighted by molar-refractivity contribution is 7.09. The molecule has 0 aliphatic rings. The van der Waals surface area contributed by atoms with Crippen LogP contribution in [0.15, 0.2) is 40.8 Å². The Labute approximate surface area is 142 Å². The second-order valence-corrected chi connectivity index (χ2v) is 6.05. The van der Waals surface area contributed by atoms with Gasteiger partial charge in [0, 0.05) is 18.5 Å². The van der Waals surface area contributed by atoms with E-state index in [9.17, 15) is 0 Å². The minimum atomic E-state index is 0.616. The number of aromatic nitrogens is 1. The molecule has 1 aromatic carbocycles. The normalized spacial score (nSPS) is 11.3. The first kappa shape index (κ1) is 17.3. The van der Waals surface area contributed by atoms with Gasteiger partial charge in [0.25, 0.3) is 0 Å². The lowest BCUT2D eigenvalue weighted by Crippen LogP contribution is -2.40. The van der Waals surface area contributed by atoms with Gasteiger partial charge in [-0.05, 0) is 26.0 Å². The molecule has 23 heavy (non-hydrogen) atoms. The van der Waals surface area contributed by atoms with Gasteiger partial charge in [-0.1, -0.05) is 18.2 Å². The van der Waals surface area contributed by atoms with Crippen molar-refractivity contribution in [2.75, 3.05) is 26.7 Å². The first-order chi connectivity index (χ1) is 11.2. The number of para-hydroxylation sites is 1. The van der Waals surface area contributed by atoms with E-state index in [4.69, 9.17) is 4.74 Å². The average molecular weight is 332 g/mol. The minimum Gasteiger partial charge on any atom is -0.492 e. The number of thiazole rings is 1. The summed E-state index contributed by atoms with van der Waals surface area (Å²) < 4.78 is 5.74. The second kappa shape index (κ2) is 9.15. The molecule has 1 heterocycles. The molecule has 0 unspecified atom stereocenters. The summed E-state index contributed by atoms with van der Waals surface area (Å²) in [4.78, 5) is 12.2. The molecular formula is C17H24N4OS. The number of aryl methyl sites for hydroxylation is 1. The van der Waals surface area contributed by atoms with Gasteiger partial charge in [-0.2, -0.15) is 0 Å². The molecule has 0 aliphatic heterocycles. The van der Waals surface area contributed by atoms with E-state index in [-0.39, 0.29) is 0 Å². The number of hydrogen-bond donors (Lipinski definition) is 1. The molecule has 124 valence electrons. The first-order valence-electron chi connectivity index (χ1n) is 7.77. The summed E-state index contributed by atoms with van der Waals surface area (Å²) in [6.45, 7) is 6.97. The highest BCUT2D eigenvalue weighted by atomic mass is 32.1. The quantitative estimate of drug-likeness (QED) is 0.626. The lowest BCUT2D eigenvalue weighted by molar-refractivity contribution is 0.281. The monoisotopic (exact) mass is 332 g/mol. The van der Waals surface area contributed by atoms with Crippen LogP contribution < -0.4 is 10.1 Å². The fourth-order valence-corrected chi connectivity index (χ4v) is 2.72. The molecular weight excluding hydrogens is 308 g/mol. The van der Waals surface area contributed by atoms with Crippen LogP contribution in [-0.4, -0.2) is 42.6 Å². The zero-order chi connectivity index (χ0) is 16.5. The fourth-order valence-electron chi connectivity index (χ4n) is 2.02. The Bertz CT molecular complexity index is 612. The number of aliphatic imine (C=N–C) groups is 1. The largest absolute Gasteiger partial charge is 0.492 e. The molecule has 0 radical (unpaired) electrons. The van der Waals surface area contributed by atoms with Crippen molar-refractivity contribution in [2.24, 2.45) is 4.99 Å². The third-order valence-electron chi connectivity index (χ3n) is 3.35. The zero-order valence-electron chi connectivity index (χ0n) is 14.0. The molecule has 0 aliphatic carbocycles. The van der Waals surface area contributed by atoms with Gasteiger partial charge >= 0.3 is 0 Å². The van der Waals surface area contributed by atoms with Crippen molar-refractivity contribution in [3.8, 4) is 5.75 Å². The van der Waals surface area contributed by atoms with Gasteiger partial charge in [-0.25, -0.2) is 9.98 Å². The Balaban J connectivity index is 1.87. The van der Waals surface area contributed by atoms with Gasteiger partial charge in [-0.3, -0.25) is 0 Å². The molecule has 0 fully saturated rings. The van der Waals surface area contributed by atoms with Crippen LogP contribution in [0, 0.1) is 6.92 Å². The van der Waals surface area contributed by atoms with Crippen LogP contribution in [-0.2, 0) is 6.54 Å². The molecule has 1 aromatic heterocycles. The standard InChI is InChI=1S/C17H24N4OS/c1-4-18-17(19-12-16-14(2)20-13-23-16)21(3)10-11-22-15-8-6-5-7-9-15/h5-9,13H,4,10-12H2,1-3H3,(H,18,19). The minimum absolute atomic E-state index is 0.616. The molecule has 0 saturated carbocycles. The lowest BCUT2D eigenvalue weighted by atomic mass is 10.3. The maximum Gasteiger partial charge on any atom is 0.194 e. The van der Waals surface area contributed by atoms with Gasteiger partial charge in [0.2, 0.25) is 0 Å². The number of nitrogens with one attached hydrogen (secondary N) is 1. The SMILES string of the molecule is CCNC(=NCc1scnc1C)N(C)CCOc1ccccc1. The molecule has 1 N–H and O–H groups in total. The summed E-state index contributed by atoms with van der Waals surface area (Å²) in [5.74, 6) is 1.78. The van der Waals surface area contributed by atoms with E-state index in [1.807, 2.05) is 49.8 Å². The Hall–Kier alpha value is -2.08. The molecule has 2 aromatic rings. The summed E-state index contributed by atoms with van der Waals surface area (Å²) >= 11 is 1.65. The first-order valence-corrected chi connectivity index (χ1v) is 8.65. The lowest BCUT2D eigenvalue weighted by Gasteiger charge is -2.22. The van der Waals surface area contributed by atoms with E-state index in [0.717, 1.165) is 30.5 Å². The third-order valence-corrected chi connectivity index (χ3v) is 4.27. The molecule has 0 bridgehead atoms. The molecule has 0 saturated heterocycles. The fraction of sp³-hybridized carbons (Fsp3) is 0.412. The van der Waals surface area contributed by atoms with Crippen LogP contribution in [0.5, 0.6) is 5.75 Å². The van der Waals surface area contributed by atoms with Crippen LogP contribution >= 0.6 is 11.3 Å². The van der Waals surface area contributed by atoms with Gasteiger partial charge in [0.05, 0.1) is 24.3 Å².